The maximum atomic E-state index is 12.5. The monoisotopic (exact) mass is 315 g/mol. The molecular weight excluding hydrogens is 294 g/mol. The molecule has 122 valence electrons. The van der Waals surface area contributed by atoms with Crippen molar-refractivity contribution in [2.24, 2.45) is 0 Å². The fraction of sp³-hybridized carbons (Fsp3) is 0.438. The molecule has 2 aromatic rings. The van der Waals surface area contributed by atoms with Gasteiger partial charge in [0.1, 0.15) is 6.04 Å². The van der Waals surface area contributed by atoms with Gasteiger partial charge in [-0.25, -0.2) is 9.97 Å². The molecule has 1 aliphatic rings. The lowest BCUT2D eigenvalue weighted by Gasteiger charge is -2.34. The van der Waals surface area contributed by atoms with E-state index in [0.717, 1.165) is 17.8 Å². The minimum absolute atomic E-state index is 0.0760. The van der Waals surface area contributed by atoms with Crippen LogP contribution in [-0.4, -0.2) is 58.0 Å². The third kappa shape index (κ3) is 3.05. The summed E-state index contributed by atoms with van der Waals surface area (Å²) in [5, 5.41) is 0. The summed E-state index contributed by atoms with van der Waals surface area (Å²) in [5.41, 5.74) is 2.05. The van der Waals surface area contributed by atoms with Gasteiger partial charge in [-0.1, -0.05) is 6.07 Å². The van der Waals surface area contributed by atoms with Gasteiger partial charge in [-0.15, -0.1) is 0 Å². The van der Waals surface area contributed by atoms with Gasteiger partial charge in [0.05, 0.1) is 19.1 Å². The highest BCUT2D eigenvalue weighted by atomic mass is 16.5. The lowest BCUT2D eigenvalue weighted by Crippen LogP contribution is -2.43. The average molecular weight is 315 g/mol. The maximum Gasteiger partial charge on any atom is 0.246 e. The molecule has 7 nitrogen and oxygen atoms in total. The fourth-order valence-corrected chi connectivity index (χ4v) is 2.95. The van der Waals surface area contributed by atoms with E-state index >= 15 is 0 Å². The van der Waals surface area contributed by atoms with Gasteiger partial charge < -0.3 is 14.2 Å². The zero-order valence-electron chi connectivity index (χ0n) is 13.6. The third-order valence-corrected chi connectivity index (χ3v) is 4.06. The highest BCUT2D eigenvalue weighted by Gasteiger charge is 2.31. The van der Waals surface area contributed by atoms with Crippen LogP contribution in [0, 0.1) is 0 Å². The first-order valence-electron chi connectivity index (χ1n) is 7.52. The molecule has 0 spiro atoms. The highest BCUT2D eigenvalue weighted by molar-refractivity contribution is 5.80. The Labute approximate surface area is 135 Å². The average Bonchev–Trinajstić information content (AvgIpc) is 3.02. The van der Waals surface area contributed by atoms with Crippen molar-refractivity contribution in [2.45, 2.75) is 19.1 Å². The smallest absolute Gasteiger partial charge is 0.246 e. The Morgan fingerprint density at radius 3 is 3.04 bits per heavy atom. The predicted octanol–water partition coefficient (Wildman–Crippen LogP) is 0.932. The van der Waals surface area contributed by atoms with Crippen LogP contribution in [-0.2, 0) is 17.9 Å². The standard InChI is InChI=1S/C16H21N5O2/c1-19(2)16(22)14-10-20(9-13-7-17-11-21(13)14)8-12-5-4-6-18-15(12)23-3/h4-7,11,14H,8-10H2,1-3H3. The van der Waals surface area contributed by atoms with Gasteiger partial charge >= 0.3 is 0 Å². The number of ether oxygens (including phenoxy) is 1. The number of imidazole rings is 1. The molecule has 2 aromatic heterocycles. The molecule has 0 bridgehead atoms. The van der Waals surface area contributed by atoms with Crippen molar-refractivity contribution in [2.75, 3.05) is 27.7 Å². The Morgan fingerprint density at radius 2 is 2.30 bits per heavy atom. The summed E-state index contributed by atoms with van der Waals surface area (Å²) in [4.78, 5) is 24.8. The minimum Gasteiger partial charge on any atom is -0.481 e. The molecule has 0 aromatic carbocycles. The van der Waals surface area contributed by atoms with E-state index in [1.54, 1.807) is 38.6 Å². The van der Waals surface area contributed by atoms with Crippen LogP contribution in [0.5, 0.6) is 5.88 Å². The minimum atomic E-state index is -0.251. The topological polar surface area (TPSA) is 63.5 Å². The Morgan fingerprint density at radius 1 is 1.48 bits per heavy atom. The van der Waals surface area contributed by atoms with Crippen LogP contribution in [0.3, 0.4) is 0 Å². The van der Waals surface area contributed by atoms with Crippen LogP contribution in [0.2, 0.25) is 0 Å². The van der Waals surface area contributed by atoms with E-state index in [4.69, 9.17) is 4.74 Å². The Bertz CT molecular complexity index is 697. The van der Waals surface area contributed by atoms with E-state index in [1.165, 1.54) is 0 Å². The van der Waals surface area contributed by atoms with E-state index in [9.17, 15) is 4.79 Å². The SMILES string of the molecule is COc1ncccc1CN1Cc2cncn2C(C(=O)N(C)C)C1. The van der Waals surface area contributed by atoms with Crippen molar-refractivity contribution in [3.05, 3.63) is 42.1 Å². The molecule has 3 rings (SSSR count). The number of methoxy groups -OCH3 is 1. The van der Waals surface area contributed by atoms with Crippen LogP contribution in [0.15, 0.2) is 30.9 Å². The second-order valence-corrected chi connectivity index (χ2v) is 5.88. The normalized spacial score (nSPS) is 17.6. The van der Waals surface area contributed by atoms with E-state index < -0.39 is 0 Å². The lowest BCUT2D eigenvalue weighted by molar-refractivity contribution is -0.133. The molecule has 0 saturated carbocycles. The summed E-state index contributed by atoms with van der Waals surface area (Å²) >= 11 is 0. The molecule has 0 N–H and O–H groups in total. The van der Waals surface area contributed by atoms with Crippen LogP contribution < -0.4 is 4.74 Å². The van der Waals surface area contributed by atoms with Crippen molar-refractivity contribution in [1.82, 2.24) is 24.3 Å². The van der Waals surface area contributed by atoms with Crippen molar-refractivity contribution in [1.29, 1.82) is 0 Å². The Hall–Kier alpha value is -2.41. The number of rotatable bonds is 4. The van der Waals surface area contributed by atoms with Gasteiger partial charge in [-0.05, 0) is 6.07 Å². The predicted molar refractivity (Wildman–Crippen MR) is 84.9 cm³/mol. The Kier molecular flexibility index (Phi) is 4.29. The first kappa shape index (κ1) is 15.5. The number of carbonyl (C=O) groups excluding carboxylic acids is 1. The van der Waals surface area contributed by atoms with Gasteiger partial charge in [0.25, 0.3) is 0 Å². The van der Waals surface area contributed by atoms with E-state index in [2.05, 4.69) is 14.9 Å². The molecule has 0 radical (unpaired) electrons. The van der Waals surface area contributed by atoms with Gasteiger partial charge in [0, 0.05) is 51.7 Å². The van der Waals surface area contributed by atoms with E-state index in [0.29, 0.717) is 19.0 Å². The number of carbonyl (C=O) groups is 1. The van der Waals surface area contributed by atoms with Crippen molar-refractivity contribution < 1.29 is 9.53 Å². The number of hydrogen-bond donors (Lipinski definition) is 0. The van der Waals surface area contributed by atoms with Crippen LogP contribution in [0.1, 0.15) is 17.3 Å². The molecule has 1 unspecified atom stereocenters. The first-order chi connectivity index (χ1) is 11.1. The van der Waals surface area contributed by atoms with Gasteiger partial charge in [0.2, 0.25) is 11.8 Å². The summed E-state index contributed by atoms with van der Waals surface area (Å²) in [6.07, 6.45) is 5.28. The number of aromatic nitrogens is 3. The summed E-state index contributed by atoms with van der Waals surface area (Å²) in [7, 11) is 5.18. The molecule has 0 aliphatic carbocycles. The summed E-state index contributed by atoms with van der Waals surface area (Å²) in [6.45, 7) is 2.06. The van der Waals surface area contributed by atoms with Crippen molar-refractivity contribution >= 4 is 5.91 Å². The number of likely N-dealkylation sites (N-methyl/N-ethyl adjacent to an activating group) is 1. The zero-order chi connectivity index (χ0) is 16.4. The largest absolute Gasteiger partial charge is 0.481 e. The lowest BCUT2D eigenvalue weighted by atomic mass is 10.1. The molecule has 1 amide bonds. The number of amides is 1. The van der Waals surface area contributed by atoms with Crippen LogP contribution in [0.4, 0.5) is 0 Å². The third-order valence-electron chi connectivity index (χ3n) is 4.06. The summed E-state index contributed by atoms with van der Waals surface area (Å²) in [6, 6.07) is 3.65. The number of nitrogens with zero attached hydrogens (tertiary/aromatic N) is 5. The van der Waals surface area contributed by atoms with Gasteiger partial charge in [-0.2, -0.15) is 0 Å². The number of pyridine rings is 1. The number of hydrogen-bond acceptors (Lipinski definition) is 5. The first-order valence-corrected chi connectivity index (χ1v) is 7.52. The number of fused-ring (bicyclic) bond motifs is 1. The van der Waals surface area contributed by atoms with Crippen molar-refractivity contribution in [3.63, 3.8) is 0 Å². The molecule has 0 saturated heterocycles. The van der Waals surface area contributed by atoms with Crippen molar-refractivity contribution in [3.8, 4) is 5.88 Å². The summed E-state index contributed by atoms with van der Waals surface area (Å²) < 4.78 is 7.29. The zero-order valence-corrected chi connectivity index (χ0v) is 13.6. The highest BCUT2D eigenvalue weighted by Crippen LogP contribution is 2.25. The van der Waals surface area contributed by atoms with E-state index in [1.807, 2.05) is 22.9 Å². The molecule has 1 atom stereocenters. The van der Waals surface area contributed by atoms with Crippen LogP contribution >= 0.6 is 0 Å². The molecule has 0 fully saturated rings. The fourth-order valence-electron chi connectivity index (χ4n) is 2.95. The molecule has 23 heavy (non-hydrogen) atoms. The molecule has 3 heterocycles. The molecule has 7 heteroatoms. The maximum absolute atomic E-state index is 12.5. The Balaban J connectivity index is 1.84. The second kappa shape index (κ2) is 6.37. The molecular formula is C16H21N5O2. The quantitative estimate of drug-likeness (QED) is 0.840. The second-order valence-electron chi connectivity index (χ2n) is 5.88. The molecule has 1 aliphatic heterocycles. The van der Waals surface area contributed by atoms with Crippen LogP contribution in [0.25, 0.3) is 0 Å². The van der Waals surface area contributed by atoms with E-state index in [-0.39, 0.29) is 11.9 Å². The van der Waals surface area contributed by atoms with Gasteiger partial charge in [0.15, 0.2) is 0 Å². The summed E-state index contributed by atoms with van der Waals surface area (Å²) in [5.74, 6) is 0.703. The van der Waals surface area contributed by atoms with Gasteiger partial charge in [-0.3, -0.25) is 9.69 Å².